The fraction of sp³-hybridized carbons (Fsp3) is 0.0588. The molecule has 2 aromatic heterocycles. The Morgan fingerprint density at radius 1 is 1.14 bits per heavy atom. The van der Waals surface area contributed by atoms with Gasteiger partial charge in [0.1, 0.15) is 22.3 Å². The lowest BCUT2D eigenvalue weighted by molar-refractivity contribution is 0.484. The third kappa shape index (κ3) is 2.18. The summed E-state index contributed by atoms with van der Waals surface area (Å²) < 4.78 is 5.91. The van der Waals surface area contributed by atoms with E-state index in [4.69, 9.17) is 16.3 Å². The number of halogens is 1. The number of fused-ring (bicyclic) bond motifs is 2. The molecule has 5 heteroatoms. The van der Waals surface area contributed by atoms with Gasteiger partial charge in [-0.2, -0.15) is 0 Å². The van der Waals surface area contributed by atoms with E-state index in [2.05, 4.69) is 15.0 Å². The Balaban J connectivity index is 1.76. The first-order chi connectivity index (χ1) is 10.7. The van der Waals surface area contributed by atoms with E-state index in [1.54, 1.807) is 6.20 Å². The molecule has 2 heterocycles. The summed E-state index contributed by atoms with van der Waals surface area (Å²) in [5.74, 6) is 2.16. The molecule has 22 heavy (non-hydrogen) atoms. The van der Waals surface area contributed by atoms with Crippen LogP contribution in [-0.4, -0.2) is 15.0 Å². The molecule has 0 amide bonds. The second-order valence-corrected chi connectivity index (χ2v) is 5.43. The Morgan fingerprint density at radius 3 is 2.95 bits per heavy atom. The predicted molar refractivity (Wildman–Crippen MR) is 87.7 cm³/mol. The van der Waals surface area contributed by atoms with Crippen molar-refractivity contribution in [2.75, 3.05) is 0 Å². The lowest BCUT2D eigenvalue weighted by Gasteiger charge is -2.09. The highest BCUT2D eigenvalue weighted by atomic mass is 35.5. The third-order valence-electron chi connectivity index (χ3n) is 3.48. The molecule has 0 atom stereocenters. The number of nitrogens with zero attached hydrogens (tertiary/aromatic N) is 2. The van der Waals surface area contributed by atoms with Gasteiger partial charge < -0.3 is 9.72 Å². The predicted octanol–water partition coefficient (Wildman–Crippen LogP) is 4.87. The van der Waals surface area contributed by atoms with Crippen LogP contribution in [0.5, 0.6) is 11.5 Å². The van der Waals surface area contributed by atoms with E-state index < -0.39 is 0 Å². The van der Waals surface area contributed by atoms with Crippen molar-refractivity contribution in [3.63, 3.8) is 0 Å². The second kappa shape index (κ2) is 5.00. The molecule has 0 saturated carbocycles. The number of aromatic amines is 1. The number of rotatable bonds is 2. The van der Waals surface area contributed by atoms with Crippen molar-refractivity contribution >= 4 is 33.5 Å². The summed E-state index contributed by atoms with van der Waals surface area (Å²) in [7, 11) is 0. The van der Waals surface area contributed by atoms with Crippen LogP contribution in [0.15, 0.2) is 48.7 Å². The standard InChI is InChI=1S/C17H12ClN3O/c1-10-20-13-6-5-12(9-14(13)21-10)22-15-7-4-11-3-2-8-19-17(11)16(15)18/h2-9H,1H3,(H,20,21). The maximum atomic E-state index is 6.41. The molecule has 0 radical (unpaired) electrons. The zero-order chi connectivity index (χ0) is 15.1. The molecule has 0 aliphatic heterocycles. The zero-order valence-corrected chi connectivity index (χ0v) is 12.6. The van der Waals surface area contributed by atoms with Crippen LogP contribution in [0.1, 0.15) is 5.82 Å². The normalized spacial score (nSPS) is 11.2. The van der Waals surface area contributed by atoms with Gasteiger partial charge in [-0.05, 0) is 37.3 Å². The maximum absolute atomic E-state index is 6.41. The molecule has 4 nitrogen and oxygen atoms in total. The van der Waals surface area contributed by atoms with E-state index in [-0.39, 0.29) is 0 Å². The van der Waals surface area contributed by atoms with E-state index in [0.29, 0.717) is 16.5 Å². The average Bonchev–Trinajstić information content (AvgIpc) is 2.90. The summed E-state index contributed by atoms with van der Waals surface area (Å²) in [5, 5.41) is 1.50. The largest absolute Gasteiger partial charge is 0.456 e. The molecule has 0 aliphatic rings. The van der Waals surface area contributed by atoms with Crippen molar-refractivity contribution < 1.29 is 4.74 Å². The lowest BCUT2D eigenvalue weighted by atomic mass is 10.2. The first-order valence-corrected chi connectivity index (χ1v) is 7.26. The Morgan fingerprint density at radius 2 is 2.05 bits per heavy atom. The summed E-state index contributed by atoms with van der Waals surface area (Å²) in [4.78, 5) is 11.9. The van der Waals surface area contributed by atoms with Gasteiger partial charge in [-0.1, -0.05) is 17.7 Å². The third-order valence-corrected chi connectivity index (χ3v) is 3.84. The van der Waals surface area contributed by atoms with Crippen molar-refractivity contribution in [2.45, 2.75) is 6.92 Å². The Bertz CT molecular complexity index is 994. The first kappa shape index (κ1) is 13.1. The maximum Gasteiger partial charge on any atom is 0.148 e. The monoisotopic (exact) mass is 309 g/mol. The Kier molecular flexibility index (Phi) is 2.98. The number of imidazole rings is 1. The summed E-state index contributed by atoms with van der Waals surface area (Å²) in [6.07, 6.45) is 1.72. The smallest absolute Gasteiger partial charge is 0.148 e. The highest BCUT2D eigenvalue weighted by Gasteiger charge is 2.09. The van der Waals surface area contributed by atoms with Crippen LogP contribution in [-0.2, 0) is 0 Å². The van der Waals surface area contributed by atoms with E-state index >= 15 is 0 Å². The minimum absolute atomic E-state index is 0.513. The number of hydrogen-bond acceptors (Lipinski definition) is 3. The van der Waals surface area contributed by atoms with Gasteiger partial charge in [0.05, 0.1) is 16.6 Å². The Hall–Kier alpha value is -2.59. The van der Waals surface area contributed by atoms with Crippen molar-refractivity contribution in [1.29, 1.82) is 0 Å². The fourth-order valence-electron chi connectivity index (χ4n) is 2.48. The van der Waals surface area contributed by atoms with Gasteiger partial charge in [0.2, 0.25) is 0 Å². The van der Waals surface area contributed by atoms with Gasteiger partial charge in [0.25, 0.3) is 0 Å². The molecule has 1 N–H and O–H groups in total. The minimum Gasteiger partial charge on any atom is -0.456 e. The molecule has 2 aromatic carbocycles. The van der Waals surface area contributed by atoms with Gasteiger partial charge in [0.15, 0.2) is 0 Å². The minimum atomic E-state index is 0.513. The molecule has 0 fully saturated rings. The lowest BCUT2D eigenvalue weighted by Crippen LogP contribution is -1.88. The number of nitrogens with one attached hydrogen (secondary N) is 1. The molecular weight excluding hydrogens is 298 g/mol. The highest BCUT2D eigenvalue weighted by Crippen LogP contribution is 2.35. The molecule has 4 aromatic rings. The molecule has 0 saturated heterocycles. The summed E-state index contributed by atoms with van der Waals surface area (Å²) in [6, 6.07) is 13.4. The van der Waals surface area contributed by atoms with Gasteiger partial charge in [-0.3, -0.25) is 4.98 Å². The van der Waals surface area contributed by atoms with Crippen LogP contribution in [0, 0.1) is 6.92 Å². The SMILES string of the molecule is Cc1nc2ccc(Oc3ccc4cccnc4c3Cl)cc2[nH]1. The number of benzene rings is 2. The number of ether oxygens (including phenoxy) is 1. The highest BCUT2D eigenvalue weighted by molar-refractivity contribution is 6.36. The van der Waals surface area contributed by atoms with Crippen molar-refractivity contribution in [3.8, 4) is 11.5 Å². The first-order valence-electron chi connectivity index (χ1n) is 6.88. The van der Waals surface area contributed by atoms with Crippen LogP contribution in [0.2, 0.25) is 5.02 Å². The van der Waals surface area contributed by atoms with Gasteiger partial charge in [0, 0.05) is 17.6 Å². The van der Waals surface area contributed by atoms with Crippen LogP contribution in [0.4, 0.5) is 0 Å². The topological polar surface area (TPSA) is 50.8 Å². The molecule has 0 bridgehead atoms. The van der Waals surface area contributed by atoms with Crippen molar-refractivity contribution in [2.24, 2.45) is 0 Å². The van der Waals surface area contributed by atoms with E-state index in [1.165, 1.54) is 0 Å². The van der Waals surface area contributed by atoms with Gasteiger partial charge >= 0.3 is 0 Å². The second-order valence-electron chi connectivity index (χ2n) is 5.06. The summed E-state index contributed by atoms with van der Waals surface area (Å²) >= 11 is 6.41. The number of aryl methyl sites for hydroxylation is 1. The fourth-order valence-corrected chi connectivity index (χ4v) is 2.74. The molecular formula is C17H12ClN3O. The van der Waals surface area contributed by atoms with Crippen molar-refractivity contribution in [1.82, 2.24) is 15.0 Å². The molecule has 4 rings (SSSR count). The van der Waals surface area contributed by atoms with E-state index in [1.807, 2.05) is 49.4 Å². The van der Waals surface area contributed by atoms with Gasteiger partial charge in [-0.25, -0.2) is 4.98 Å². The summed E-state index contributed by atoms with van der Waals surface area (Å²) in [5.41, 5.74) is 2.58. The Labute approximate surface area is 131 Å². The molecule has 108 valence electrons. The molecule has 0 unspecified atom stereocenters. The van der Waals surface area contributed by atoms with Crippen LogP contribution < -0.4 is 4.74 Å². The number of H-pyrrole nitrogens is 1. The van der Waals surface area contributed by atoms with Crippen LogP contribution in [0.3, 0.4) is 0 Å². The zero-order valence-electron chi connectivity index (χ0n) is 11.8. The number of aromatic nitrogens is 3. The number of hydrogen-bond donors (Lipinski definition) is 1. The van der Waals surface area contributed by atoms with E-state index in [0.717, 1.165) is 27.8 Å². The molecule has 0 spiro atoms. The van der Waals surface area contributed by atoms with Crippen molar-refractivity contribution in [3.05, 3.63) is 59.5 Å². The number of pyridine rings is 1. The summed E-state index contributed by atoms with van der Waals surface area (Å²) in [6.45, 7) is 1.92. The van der Waals surface area contributed by atoms with Crippen LogP contribution >= 0.6 is 11.6 Å². The van der Waals surface area contributed by atoms with Gasteiger partial charge in [-0.15, -0.1) is 0 Å². The van der Waals surface area contributed by atoms with E-state index in [9.17, 15) is 0 Å². The molecule has 0 aliphatic carbocycles. The quantitative estimate of drug-likeness (QED) is 0.575. The average molecular weight is 310 g/mol. The van der Waals surface area contributed by atoms with Crippen LogP contribution in [0.25, 0.3) is 21.9 Å².